The van der Waals surface area contributed by atoms with Gasteiger partial charge in [-0.3, -0.25) is 4.90 Å². The third-order valence-electron chi connectivity index (χ3n) is 5.23. The Balaban J connectivity index is 1.63. The lowest BCUT2D eigenvalue weighted by atomic mass is 9.99. The molecule has 126 valence electrons. The molecule has 2 heterocycles. The molecule has 1 aromatic heterocycles. The number of β-amino-alcohol motifs (C(OH)–C–C–N with tert-alkyl or cyclic N) is 1. The number of pyridine rings is 1. The van der Waals surface area contributed by atoms with Crippen LogP contribution in [0, 0.1) is 0 Å². The fourth-order valence-electron chi connectivity index (χ4n) is 3.91. The summed E-state index contributed by atoms with van der Waals surface area (Å²) in [7, 11) is 0. The van der Waals surface area contributed by atoms with E-state index in [-0.39, 0.29) is 6.61 Å². The van der Waals surface area contributed by atoms with Crippen LogP contribution in [-0.2, 0) is 12.8 Å². The van der Waals surface area contributed by atoms with Crippen LogP contribution in [0.1, 0.15) is 17.7 Å². The molecule has 1 aliphatic heterocycles. The van der Waals surface area contributed by atoms with Crippen molar-refractivity contribution in [3.05, 3.63) is 47.7 Å². The van der Waals surface area contributed by atoms with Crippen LogP contribution >= 0.6 is 0 Å². The molecule has 0 bridgehead atoms. The summed E-state index contributed by atoms with van der Waals surface area (Å²) < 4.78 is 0. The third kappa shape index (κ3) is 3.04. The molecule has 0 unspecified atom stereocenters. The minimum Gasteiger partial charge on any atom is -0.395 e. The van der Waals surface area contributed by atoms with E-state index in [1.54, 1.807) is 0 Å². The van der Waals surface area contributed by atoms with Gasteiger partial charge in [0.25, 0.3) is 0 Å². The molecule has 0 atom stereocenters. The lowest BCUT2D eigenvalue weighted by Crippen LogP contribution is -2.47. The molecule has 1 N–H and O–H groups in total. The summed E-state index contributed by atoms with van der Waals surface area (Å²) >= 11 is 0. The normalized spacial score (nSPS) is 18.0. The van der Waals surface area contributed by atoms with Crippen LogP contribution in [0.15, 0.2) is 36.4 Å². The molecule has 24 heavy (non-hydrogen) atoms. The van der Waals surface area contributed by atoms with Crippen molar-refractivity contribution < 1.29 is 5.11 Å². The molecular formula is C20H25N3O. The van der Waals surface area contributed by atoms with Gasteiger partial charge in [-0.25, -0.2) is 4.98 Å². The summed E-state index contributed by atoms with van der Waals surface area (Å²) in [5.74, 6) is 1.12. The van der Waals surface area contributed by atoms with E-state index in [0.717, 1.165) is 51.4 Å². The van der Waals surface area contributed by atoms with Crippen molar-refractivity contribution >= 4 is 5.82 Å². The predicted octanol–water partition coefficient (Wildman–Crippen LogP) is 2.35. The lowest BCUT2D eigenvalue weighted by molar-refractivity contribution is 0.188. The largest absolute Gasteiger partial charge is 0.395 e. The van der Waals surface area contributed by atoms with E-state index in [9.17, 15) is 0 Å². The minimum atomic E-state index is 0.245. The van der Waals surface area contributed by atoms with Crippen molar-refractivity contribution in [1.29, 1.82) is 0 Å². The summed E-state index contributed by atoms with van der Waals surface area (Å²) in [5, 5.41) is 9.10. The third-order valence-corrected chi connectivity index (χ3v) is 5.23. The van der Waals surface area contributed by atoms with Crippen LogP contribution in [0.2, 0.25) is 0 Å². The van der Waals surface area contributed by atoms with Gasteiger partial charge >= 0.3 is 0 Å². The topological polar surface area (TPSA) is 39.6 Å². The summed E-state index contributed by atoms with van der Waals surface area (Å²) in [6, 6.07) is 13.0. The molecule has 4 nitrogen and oxygen atoms in total. The van der Waals surface area contributed by atoms with Gasteiger partial charge in [0.2, 0.25) is 0 Å². The SMILES string of the molecule is OCCN1CCN(c2cc(-c3ccccc3)c3c(n2)CCC3)CC1. The van der Waals surface area contributed by atoms with Crippen LogP contribution in [0.25, 0.3) is 11.1 Å². The molecule has 1 fully saturated rings. The zero-order valence-corrected chi connectivity index (χ0v) is 14.1. The summed E-state index contributed by atoms with van der Waals surface area (Å²) in [6.07, 6.45) is 3.47. The number of hydrogen-bond acceptors (Lipinski definition) is 4. The Morgan fingerprint density at radius 2 is 1.79 bits per heavy atom. The Labute approximate surface area is 143 Å². The number of aromatic nitrogens is 1. The Morgan fingerprint density at radius 1 is 1.00 bits per heavy atom. The van der Waals surface area contributed by atoms with Crippen LogP contribution in [0.3, 0.4) is 0 Å². The second-order valence-electron chi connectivity index (χ2n) is 6.73. The first-order valence-corrected chi connectivity index (χ1v) is 9.01. The zero-order chi connectivity index (χ0) is 16.4. The van der Waals surface area contributed by atoms with Gasteiger partial charge in [-0.15, -0.1) is 0 Å². The maximum Gasteiger partial charge on any atom is 0.129 e. The number of piperazine rings is 1. The number of benzene rings is 1. The van der Waals surface area contributed by atoms with Crippen molar-refractivity contribution in [3.8, 4) is 11.1 Å². The fraction of sp³-hybridized carbons (Fsp3) is 0.450. The second kappa shape index (κ2) is 6.91. The van der Waals surface area contributed by atoms with E-state index in [1.165, 1.54) is 28.8 Å². The van der Waals surface area contributed by atoms with Gasteiger partial charge in [0, 0.05) is 38.4 Å². The molecule has 0 spiro atoms. The van der Waals surface area contributed by atoms with E-state index < -0.39 is 0 Å². The number of anilines is 1. The highest BCUT2D eigenvalue weighted by Crippen LogP contribution is 2.34. The highest BCUT2D eigenvalue weighted by molar-refractivity contribution is 5.72. The minimum absolute atomic E-state index is 0.245. The molecule has 4 heteroatoms. The molecule has 1 aliphatic carbocycles. The van der Waals surface area contributed by atoms with Crippen molar-refractivity contribution in [3.63, 3.8) is 0 Å². The molecule has 0 saturated carbocycles. The van der Waals surface area contributed by atoms with Crippen LogP contribution in [0.4, 0.5) is 5.82 Å². The number of fused-ring (bicyclic) bond motifs is 1. The first kappa shape index (κ1) is 15.6. The van der Waals surface area contributed by atoms with Crippen molar-refractivity contribution in [2.45, 2.75) is 19.3 Å². The van der Waals surface area contributed by atoms with Gasteiger partial charge in [0.05, 0.1) is 6.61 Å². The second-order valence-corrected chi connectivity index (χ2v) is 6.73. The van der Waals surface area contributed by atoms with Crippen molar-refractivity contribution in [1.82, 2.24) is 9.88 Å². The first-order valence-electron chi connectivity index (χ1n) is 9.01. The van der Waals surface area contributed by atoms with E-state index in [2.05, 4.69) is 46.2 Å². The van der Waals surface area contributed by atoms with Gasteiger partial charge in [-0.1, -0.05) is 30.3 Å². The lowest BCUT2D eigenvalue weighted by Gasteiger charge is -2.35. The highest BCUT2D eigenvalue weighted by atomic mass is 16.3. The van der Waals surface area contributed by atoms with E-state index in [1.807, 2.05) is 0 Å². The number of rotatable bonds is 4. The highest BCUT2D eigenvalue weighted by Gasteiger charge is 2.23. The molecule has 2 aliphatic rings. The van der Waals surface area contributed by atoms with E-state index in [0.29, 0.717) is 0 Å². The van der Waals surface area contributed by atoms with E-state index in [4.69, 9.17) is 10.1 Å². The van der Waals surface area contributed by atoms with Crippen molar-refractivity contribution in [2.24, 2.45) is 0 Å². The summed E-state index contributed by atoms with van der Waals surface area (Å²) in [6.45, 7) is 5.00. The van der Waals surface area contributed by atoms with Crippen LogP contribution < -0.4 is 4.90 Å². The fourth-order valence-corrected chi connectivity index (χ4v) is 3.91. The van der Waals surface area contributed by atoms with E-state index >= 15 is 0 Å². The molecular weight excluding hydrogens is 298 g/mol. The maximum absolute atomic E-state index is 9.10. The Morgan fingerprint density at radius 3 is 2.54 bits per heavy atom. The number of aliphatic hydroxyl groups excluding tert-OH is 1. The molecule has 4 rings (SSSR count). The maximum atomic E-state index is 9.10. The number of aryl methyl sites for hydroxylation is 1. The number of aliphatic hydroxyl groups is 1. The van der Waals surface area contributed by atoms with Gasteiger partial charge < -0.3 is 10.0 Å². The van der Waals surface area contributed by atoms with Gasteiger partial charge in [0.1, 0.15) is 5.82 Å². The molecule has 0 amide bonds. The molecule has 1 aromatic carbocycles. The zero-order valence-electron chi connectivity index (χ0n) is 14.1. The van der Waals surface area contributed by atoms with Gasteiger partial charge in [-0.05, 0) is 42.0 Å². The average molecular weight is 323 g/mol. The first-order chi connectivity index (χ1) is 11.8. The molecule has 2 aromatic rings. The molecule has 0 radical (unpaired) electrons. The Hall–Kier alpha value is -1.91. The summed E-state index contributed by atoms with van der Waals surface area (Å²) in [5.41, 5.74) is 5.41. The van der Waals surface area contributed by atoms with Gasteiger partial charge in [0.15, 0.2) is 0 Å². The van der Waals surface area contributed by atoms with Crippen LogP contribution in [0.5, 0.6) is 0 Å². The van der Waals surface area contributed by atoms with Crippen molar-refractivity contribution in [2.75, 3.05) is 44.2 Å². The predicted molar refractivity (Wildman–Crippen MR) is 97.4 cm³/mol. The monoisotopic (exact) mass is 323 g/mol. The smallest absolute Gasteiger partial charge is 0.129 e. The quantitative estimate of drug-likeness (QED) is 0.937. The van der Waals surface area contributed by atoms with Crippen LogP contribution in [-0.4, -0.2) is 54.3 Å². The van der Waals surface area contributed by atoms with Gasteiger partial charge in [-0.2, -0.15) is 0 Å². The average Bonchev–Trinajstić information content (AvgIpc) is 3.11. The Kier molecular flexibility index (Phi) is 4.50. The number of hydrogen-bond donors (Lipinski definition) is 1. The standard InChI is InChI=1S/C20H25N3O/c24-14-13-22-9-11-23(12-10-22)20-15-18(16-5-2-1-3-6-16)17-7-4-8-19(17)21-20/h1-3,5-6,15,24H,4,7-14H2. The summed E-state index contributed by atoms with van der Waals surface area (Å²) in [4.78, 5) is 9.72. The number of nitrogens with zero attached hydrogens (tertiary/aromatic N) is 3. The Bertz CT molecular complexity index is 694. The molecule has 1 saturated heterocycles.